The first-order chi connectivity index (χ1) is 12.9. The van der Waals surface area contributed by atoms with Crippen molar-refractivity contribution in [2.75, 3.05) is 0 Å². The highest BCUT2D eigenvalue weighted by molar-refractivity contribution is 7.90. The highest BCUT2D eigenvalue weighted by Gasteiger charge is 2.39. The lowest BCUT2D eigenvalue weighted by molar-refractivity contribution is 0.397. The zero-order valence-corrected chi connectivity index (χ0v) is 14.8. The third-order valence-corrected chi connectivity index (χ3v) is 5.05. The van der Waals surface area contributed by atoms with Gasteiger partial charge in [0.15, 0.2) is 11.2 Å². The fourth-order valence-electron chi connectivity index (χ4n) is 2.45. The summed E-state index contributed by atoms with van der Waals surface area (Å²) in [6, 6.07) is 14.5. The van der Waals surface area contributed by atoms with E-state index in [1.54, 1.807) is 31.2 Å². The van der Waals surface area contributed by atoms with Crippen LogP contribution in [0.1, 0.15) is 12.5 Å². The Balaban J connectivity index is 1.96. The van der Waals surface area contributed by atoms with Crippen molar-refractivity contribution in [3.63, 3.8) is 0 Å². The molecule has 10 nitrogen and oxygen atoms in total. The molecule has 1 aliphatic heterocycles. The highest BCUT2D eigenvalue weighted by Crippen LogP contribution is 2.41. The van der Waals surface area contributed by atoms with Gasteiger partial charge >= 0.3 is 0 Å². The summed E-state index contributed by atoms with van der Waals surface area (Å²) in [7, 11) is -4.09. The number of hydrogen-bond donors (Lipinski definition) is 1. The number of hydrogen-bond acceptors (Lipinski definition) is 7. The van der Waals surface area contributed by atoms with E-state index >= 15 is 0 Å². The van der Waals surface area contributed by atoms with E-state index < -0.39 is 15.6 Å². The Hall–Kier alpha value is -3.56. The van der Waals surface area contributed by atoms with Crippen LogP contribution in [0.4, 0.5) is 5.69 Å². The number of nitrogens with zero attached hydrogens (tertiary/aromatic N) is 7. The van der Waals surface area contributed by atoms with Crippen LogP contribution in [0.15, 0.2) is 96.0 Å². The molecule has 1 N–H and O–H groups in total. The summed E-state index contributed by atoms with van der Waals surface area (Å²) in [4.78, 5) is 2.14. The molecule has 0 spiro atoms. The van der Waals surface area contributed by atoms with E-state index in [4.69, 9.17) is 5.53 Å². The maximum Gasteiger partial charge on any atom is 0.264 e. The minimum Gasteiger partial charge on any atom is -0.491 e. The molecule has 2 aromatic rings. The average molecular weight is 383 g/mol. The van der Waals surface area contributed by atoms with Gasteiger partial charge in [0.05, 0.1) is 10.6 Å². The zero-order valence-electron chi connectivity index (χ0n) is 14.0. The minimum absolute atomic E-state index is 0.122. The molecule has 1 aliphatic rings. The molecule has 0 saturated carbocycles. The number of rotatable bonds is 5. The van der Waals surface area contributed by atoms with Gasteiger partial charge in [0.25, 0.3) is 15.9 Å². The van der Waals surface area contributed by atoms with Crippen LogP contribution < -0.4 is 0 Å². The van der Waals surface area contributed by atoms with Gasteiger partial charge in [-0.05, 0) is 42.3 Å². The van der Waals surface area contributed by atoms with Gasteiger partial charge in [-0.25, -0.2) is 8.42 Å². The summed E-state index contributed by atoms with van der Waals surface area (Å²) in [5.74, 6) is -0.372. The van der Waals surface area contributed by atoms with E-state index in [1.807, 2.05) is 6.07 Å². The van der Waals surface area contributed by atoms with E-state index in [2.05, 4.69) is 29.9 Å². The van der Waals surface area contributed by atoms with Crippen LogP contribution in [0.25, 0.3) is 10.4 Å². The summed E-state index contributed by atoms with van der Waals surface area (Å²) in [5, 5.41) is 25.9. The van der Waals surface area contributed by atoms with Crippen molar-refractivity contribution in [1.29, 1.82) is 0 Å². The molecule has 1 atom stereocenters. The van der Waals surface area contributed by atoms with Gasteiger partial charge in [-0.2, -0.15) is 10.2 Å². The second-order valence-corrected chi connectivity index (χ2v) is 7.24. The van der Waals surface area contributed by atoms with Gasteiger partial charge in [0, 0.05) is 9.43 Å². The smallest absolute Gasteiger partial charge is 0.264 e. The number of aliphatic hydroxyl groups is 1. The van der Waals surface area contributed by atoms with Crippen molar-refractivity contribution in [2.45, 2.75) is 17.4 Å². The predicted molar refractivity (Wildman–Crippen MR) is 95.6 cm³/mol. The molecule has 3 rings (SSSR count). The first-order valence-electron chi connectivity index (χ1n) is 7.62. The largest absolute Gasteiger partial charge is 0.491 e. The molecule has 0 amide bonds. The first kappa shape index (κ1) is 18.2. The molecule has 27 heavy (non-hydrogen) atoms. The Kier molecular flexibility index (Phi) is 4.72. The maximum atomic E-state index is 11.8. The van der Waals surface area contributed by atoms with Crippen LogP contribution in [-0.4, -0.2) is 13.5 Å². The Morgan fingerprint density at radius 3 is 2.37 bits per heavy atom. The van der Waals surface area contributed by atoms with Crippen molar-refractivity contribution < 1.29 is 13.5 Å². The van der Waals surface area contributed by atoms with E-state index in [0.717, 1.165) is 0 Å². The minimum atomic E-state index is -4.09. The summed E-state index contributed by atoms with van der Waals surface area (Å²) in [5.41, 5.74) is 8.43. The van der Waals surface area contributed by atoms with E-state index in [0.29, 0.717) is 11.3 Å². The lowest BCUT2D eigenvalue weighted by atomic mass is 9.90. The number of azo groups is 2. The fraction of sp³-hybridized carbons (Fsp3) is 0.125. The fourth-order valence-corrected chi connectivity index (χ4v) is 3.12. The summed E-state index contributed by atoms with van der Waals surface area (Å²) >= 11 is 0. The van der Waals surface area contributed by atoms with Crippen LogP contribution in [0.5, 0.6) is 0 Å². The van der Waals surface area contributed by atoms with Crippen molar-refractivity contribution in [3.05, 3.63) is 82.2 Å². The van der Waals surface area contributed by atoms with Crippen molar-refractivity contribution >= 4 is 15.7 Å². The molecule has 2 aromatic carbocycles. The van der Waals surface area contributed by atoms with E-state index in [-0.39, 0.29) is 16.5 Å². The SMILES string of the molecule is CC1(c2ccc(S(=O)(=O)N=[N+]=[N-])cc2)N=NC(O)=C1/N=N/c1ccccc1. The number of benzene rings is 2. The zero-order chi connectivity index (χ0) is 19.5. The van der Waals surface area contributed by atoms with Crippen molar-refractivity contribution in [2.24, 2.45) is 25.0 Å². The number of sulfonamides is 1. The van der Waals surface area contributed by atoms with Gasteiger partial charge in [-0.15, -0.1) is 10.2 Å². The molecule has 136 valence electrons. The van der Waals surface area contributed by atoms with Crippen LogP contribution in [0.2, 0.25) is 0 Å². The lowest BCUT2D eigenvalue weighted by Crippen LogP contribution is -2.19. The number of azide groups is 1. The second-order valence-electron chi connectivity index (χ2n) is 5.65. The average Bonchev–Trinajstić information content (AvgIpc) is 2.96. The lowest BCUT2D eigenvalue weighted by Gasteiger charge is -2.20. The molecule has 1 unspecified atom stereocenters. The summed E-state index contributed by atoms with van der Waals surface area (Å²) < 4.78 is 26.3. The molecule has 0 fully saturated rings. The van der Waals surface area contributed by atoms with Crippen molar-refractivity contribution in [1.82, 2.24) is 0 Å². The van der Waals surface area contributed by atoms with Crippen LogP contribution in [0.3, 0.4) is 0 Å². The van der Waals surface area contributed by atoms with Gasteiger partial charge < -0.3 is 5.11 Å². The molecule has 0 aliphatic carbocycles. The number of aliphatic hydroxyl groups excluding tert-OH is 1. The molecular weight excluding hydrogens is 370 g/mol. The van der Waals surface area contributed by atoms with Gasteiger partial charge in [-0.3, -0.25) is 0 Å². The monoisotopic (exact) mass is 383 g/mol. The molecule has 0 aromatic heterocycles. The summed E-state index contributed by atoms with van der Waals surface area (Å²) in [6.07, 6.45) is 0. The topological polar surface area (TPSA) is 153 Å². The molecule has 0 radical (unpaired) electrons. The standard InChI is InChI=1S/C16H13N7O3S/c1-16(11-7-9-13(10-8-11)27(25,26)23-22-17)14(15(24)20-21-16)19-18-12-5-3-2-4-6-12/h2-10,24H,1H3/b19-18+. The van der Waals surface area contributed by atoms with Crippen molar-refractivity contribution in [3.8, 4) is 0 Å². The third-order valence-electron chi connectivity index (χ3n) is 3.90. The molecule has 11 heteroatoms. The Morgan fingerprint density at radius 1 is 1.07 bits per heavy atom. The highest BCUT2D eigenvalue weighted by atomic mass is 32.2. The van der Waals surface area contributed by atoms with Crippen LogP contribution in [-0.2, 0) is 15.6 Å². The quantitative estimate of drug-likeness (QED) is 0.444. The van der Waals surface area contributed by atoms with E-state index in [9.17, 15) is 13.5 Å². The van der Waals surface area contributed by atoms with Crippen LogP contribution >= 0.6 is 0 Å². The Labute approximate surface area is 154 Å². The molecule has 0 bridgehead atoms. The Morgan fingerprint density at radius 2 is 1.74 bits per heavy atom. The van der Waals surface area contributed by atoms with Gasteiger partial charge in [0.2, 0.25) is 0 Å². The van der Waals surface area contributed by atoms with Gasteiger partial charge in [0.1, 0.15) is 0 Å². The van der Waals surface area contributed by atoms with Gasteiger partial charge in [-0.1, -0.05) is 30.3 Å². The van der Waals surface area contributed by atoms with E-state index in [1.165, 1.54) is 24.3 Å². The maximum absolute atomic E-state index is 11.8. The van der Waals surface area contributed by atoms with Crippen LogP contribution in [0, 0.1) is 0 Å². The molecule has 0 saturated heterocycles. The Bertz CT molecular complexity index is 1100. The third kappa shape index (κ3) is 3.54. The summed E-state index contributed by atoms with van der Waals surface area (Å²) in [6.45, 7) is 1.66. The second kappa shape index (κ2) is 6.98. The molecule has 1 heterocycles. The first-order valence-corrected chi connectivity index (χ1v) is 9.06. The normalized spacial score (nSPS) is 19.4. The molecular formula is C16H13N7O3S. The predicted octanol–water partition coefficient (Wildman–Crippen LogP) is 4.88.